The van der Waals surface area contributed by atoms with E-state index >= 15 is 0 Å². The highest BCUT2D eigenvalue weighted by Gasteiger charge is 2.10. The van der Waals surface area contributed by atoms with Crippen molar-refractivity contribution in [3.63, 3.8) is 0 Å². The number of ketones is 1. The average molecular weight is 389 g/mol. The molecule has 0 radical (unpaired) electrons. The van der Waals surface area contributed by atoms with Crippen LogP contribution in [0.15, 0.2) is 35.4 Å². The molecule has 19 heavy (non-hydrogen) atoms. The van der Waals surface area contributed by atoms with Crippen molar-refractivity contribution in [1.82, 2.24) is 9.55 Å². The zero-order chi connectivity index (χ0) is 14.0. The van der Waals surface area contributed by atoms with E-state index in [1.165, 1.54) is 10.9 Å². The molecule has 0 fully saturated rings. The molecule has 6 heteroatoms. The van der Waals surface area contributed by atoms with Gasteiger partial charge in [0.1, 0.15) is 0 Å². The number of halogens is 2. The molecule has 0 amide bonds. The van der Waals surface area contributed by atoms with Crippen molar-refractivity contribution in [2.24, 2.45) is 0 Å². The topological polar surface area (TPSA) is 52.0 Å². The zero-order valence-electron chi connectivity index (χ0n) is 10.1. The minimum absolute atomic E-state index is 0.0241. The van der Waals surface area contributed by atoms with Crippen LogP contribution in [0, 0.1) is 10.5 Å². The van der Waals surface area contributed by atoms with E-state index in [2.05, 4.69) is 4.98 Å². The Labute approximate surface area is 128 Å². The summed E-state index contributed by atoms with van der Waals surface area (Å²) in [5, 5.41) is 0.570. The van der Waals surface area contributed by atoms with Gasteiger partial charge in [-0.05, 0) is 53.8 Å². The fourth-order valence-electron chi connectivity index (χ4n) is 1.54. The zero-order valence-corrected chi connectivity index (χ0v) is 13.0. The van der Waals surface area contributed by atoms with Gasteiger partial charge in [0.2, 0.25) is 0 Å². The largest absolute Gasteiger partial charge is 0.292 e. The second kappa shape index (κ2) is 5.83. The molecule has 1 aromatic carbocycles. The summed E-state index contributed by atoms with van der Waals surface area (Å²) in [7, 11) is 0. The van der Waals surface area contributed by atoms with Crippen LogP contribution in [0.1, 0.15) is 16.1 Å². The van der Waals surface area contributed by atoms with Crippen LogP contribution in [-0.2, 0) is 6.54 Å². The van der Waals surface area contributed by atoms with Gasteiger partial charge in [-0.15, -0.1) is 0 Å². The molecule has 1 heterocycles. The fraction of sp³-hybridized carbons (Fsp3) is 0.154. The number of carbonyl (C=O) groups excluding carboxylic acids is 1. The Kier molecular flexibility index (Phi) is 4.36. The SMILES string of the molecule is Cc1ncn(CC(=O)c2ccc(Cl)cc2)c(=O)c1I. The van der Waals surface area contributed by atoms with Gasteiger partial charge in [0.15, 0.2) is 5.78 Å². The maximum Gasteiger partial charge on any atom is 0.267 e. The highest BCUT2D eigenvalue weighted by Crippen LogP contribution is 2.10. The maximum absolute atomic E-state index is 12.0. The van der Waals surface area contributed by atoms with E-state index in [0.717, 1.165) is 0 Å². The lowest BCUT2D eigenvalue weighted by Crippen LogP contribution is -2.27. The van der Waals surface area contributed by atoms with Gasteiger partial charge in [0, 0.05) is 10.6 Å². The van der Waals surface area contributed by atoms with E-state index < -0.39 is 0 Å². The predicted molar refractivity (Wildman–Crippen MR) is 81.7 cm³/mol. The summed E-state index contributed by atoms with van der Waals surface area (Å²) in [4.78, 5) is 28.1. The molecule has 1 aromatic heterocycles. The smallest absolute Gasteiger partial charge is 0.267 e. The second-order valence-electron chi connectivity index (χ2n) is 4.01. The minimum Gasteiger partial charge on any atom is -0.292 e. The number of hydrogen-bond acceptors (Lipinski definition) is 3. The van der Waals surface area contributed by atoms with Crippen molar-refractivity contribution >= 4 is 40.0 Å². The van der Waals surface area contributed by atoms with E-state index in [-0.39, 0.29) is 17.9 Å². The quantitative estimate of drug-likeness (QED) is 0.600. The van der Waals surface area contributed by atoms with Crippen molar-refractivity contribution in [3.05, 3.63) is 60.8 Å². The van der Waals surface area contributed by atoms with Crippen molar-refractivity contribution < 1.29 is 4.79 Å². The van der Waals surface area contributed by atoms with Gasteiger partial charge in [-0.25, -0.2) is 4.98 Å². The van der Waals surface area contributed by atoms with Crippen LogP contribution >= 0.6 is 34.2 Å². The van der Waals surface area contributed by atoms with Crippen LogP contribution in [-0.4, -0.2) is 15.3 Å². The molecule has 0 spiro atoms. The molecule has 0 aliphatic carbocycles. The summed E-state index contributed by atoms with van der Waals surface area (Å²) in [5.74, 6) is -0.153. The number of rotatable bonds is 3. The van der Waals surface area contributed by atoms with E-state index in [0.29, 0.717) is 19.9 Å². The Morgan fingerprint density at radius 2 is 2.00 bits per heavy atom. The average Bonchev–Trinajstić information content (AvgIpc) is 2.40. The van der Waals surface area contributed by atoms with Crippen LogP contribution in [0.2, 0.25) is 5.02 Å². The molecule has 0 atom stereocenters. The highest BCUT2D eigenvalue weighted by atomic mass is 127. The van der Waals surface area contributed by atoms with Crippen molar-refractivity contribution in [2.75, 3.05) is 0 Å². The summed E-state index contributed by atoms with van der Waals surface area (Å²) < 4.78 is 1.84. The van der Waals surface area contributed by atoms with Gasteiger partial charge in [-0.2, -0.15) is 0 Å². The second-order valence-corrected chi connectivity index (χ2v) is 5.52. The molecule has 0 aliphatic rings. The first-order valence-electron chi connectivity index (χ1n) is 5.49. The highest BCUT2D eigenvalue weighted by molar-refractivity contribution is 14.1. The number of aryl methyl sites for hydroxylation is 1. The van der Waals surface area contributed by atoms with Crippen molar-refractivity contribution in [2.45, 2.75) is 13.5 Å². The molecule has 4 nitrogen and oxygen atoms in total. The fourth-order valence-corrected chi connectivity index (χ4v) is 2.12. The van der Waals surface area contributed by atoms with Crippen LogP contribution in [0.4, 0.5) is 0 Å². The van der Waals surface area contributed by atoms with E-state index in [1.807, 2.05) is 22.6 Å². The number of nitrogens with zero attached hydrogens (tertiary/aromatic N) is 2. The van der Waals surface area contributed by atoms with Gasteiger partial charge in [0.25, 0.3) is 5.56 Å². The Balaban J connectivity index is 2.27. The summed E-state index contributed by atoms with van der Waals surface area (Å²) in [6, 6.07) is 6.58. The van der Waals surface area contributed by atoms with Crippen molar-refractivity contribution in [1.29, 1.82) is 0 Å². The first kappa shape index (κ1) is 14.2. The Bertz CT molecular complexity index is 680. The summed E-state index contributed by atoms with van der Waals surface area (Å²) in [6.45, 7) is 1.73. The summed E-state index contributed by atoms with van der Waals surface area (Å²) >= 11 is 7.70. The molecule has 0 unspecified atom stereocenters. The van der Waals surface area contributed by atoms with Gasteiger partial charge in [0.05, 0.1) is 22.1 Å². The normalized spacial score (nSPS) is 10.5. The van der Waals surface area contributed by atoms with Crippen LogP contribution in [0.25, 0.3) is 0 Å². The molecular formula is C13H10ClIN2O2. The molecule has 0 N–H and O–H groups in total. The number of aromatic nitrogens is 2. The lowest BCUT2D eigenvalue weighted by molar-refractivity contribution is 0.0970. The Hall–Kier alpha value is -1.21. The van der Waals surface area contributed by atoms with Crippen molar-refractivity contribution in [3.8, 4) is 0 Å². The number of Topliss-reactive ketones (excluding diaryl/α,β-unsaturated/α-hetero) is 1. The molecule has 0 aliphatic heterocycles. The third-order valence-corrected chi connectivity index (χ3v) is 4.13. The third-order valence-electron chi connectivity index (χ3n) is 2.64. The molecule has 2 rings (SSSR count). The maximum atomic E-state index is 12.0. The molecule has 0 saturated heterocycles. The van der Waals surface area contributed by atoms with Crippen LogP contribution in [0.3, 0.4) is 0 Å². The minimum atomic E-state index is -0.199. The van der Waals surface area contributed by atoms with Crippen LogP contribution in [0.5, 0.6) is 0 Å². The first-order chi connectivity index (χ1) is 8.99. The summed E-state index contributed by atoms with van der Waals surface area (Å²) in [6.07, 6.45) is 1.40. The lowest BCUT2D eigenvalue weighted by atomic mass is 10.1. The summed E-state index contributed by atoms with van der Waals surface area (Å²) in [5.41, 5.74) is 0.989. The number of benzene rings is 1. The monoisotopic (exact) mass is 388 g/mol. The Morgan fingerprint density at radius 3 is 2.63 bits per heavy atom. The molecule has 0 saturated carbocycles. The lowest BCUT2D eigenvalue weighted by Gasteiger charge is -2.06. The standard InChI is InChI=1S/C13H10ClIN2O2/c1-8-12(15)13(19)17(7-16-8)6-11(18)9-2-4-10(14)5-3-9/h2-5,7H,6H2,1H3. The van der Waals surface area contributed by atoms with E-state index in [9.17, 15) is 9.59 Å². The van der Waals surface area contributed by atoms with E-state index in [4.69, 9.17) is 11.6 Å². The number of hydrogen-bond donors (Lipinski definition) is 0. The molecule has 2 aromatic rings. The van der Waals surface area contributed by atoms with Gasteiger partial charge in [-0.3, -0.25) is 14.2 Å². The van der Waals surface area contributed by atoms with Gasteiger partial charge in [-0.1, -0.05) is 11.6 Å². The molecule has 0 bridgehead atoms. The third kappa shape index (κ3) is 3.22. The predicted octanol–water partition coefficient (Wildman–Crippen LogP) is 2.69. The van der Waals surface area contributed by atoms with Gasteiger partial charge < -0.3 is 0 Å². The Morgan fingerprint density at radius 1 is 1.37 bits per heavy atom. The molecule has 98 valence electrons. The van der Waals surface area contributed by atoms with Crippen LogP contribution < -0.4 is 5.56 Å². The first-order valence-corrected chi connectivity index (χ1v) is 6.95. The van der Waals surface area contributed by atoms with E-state index in [1.54, 1.807) is 31.2 Å². The molecular weight excluding hydrogens is 379 g/mol. The number of carbonyl (C=O) groups is 1. The van der Waals surface area contributed by atoms with Gasteiger partial charge >= 0.3 is 0 Å².